The fourth-order valence-corrected chi connectivity index (χ4v) is 3.09. The van der Waals surface area contributed by atoms with E-state index in [4.69, 9.17) is 21.7 Å². The van der Waals surface area contributed by atoms with Crippen molar-refractivity contribution in [3.8, 4) is 11.5 Å². The van der Waals surface area contributed by atoms with Crippen molar-refractivity contribution in [3.63, 3.8) is 0 Å². The Morgan fingerprint density at radius 1 is 1.07 bits per heavy atom. The smallest absolute Gasteiger partial charge is 0.276 e. The topological polar surface area (TPSA) is 88.7 Å². The SMILES string of the molecule is CCCCOc1ccccc1C(=O)NC(=S)NNC(=O)COc1ccc(C)cc1Br. The van der Waals surface area contributed by atoms with Crippen LogP contribution in [0.4, 0.5) is 0 Å². The predicted octanol–water partition coefficient (Wildman–Crippen LogP) is 3.65. The molecule has 0 saturated heterocycles. The summed E-state index contributed by atoms with van der Waals surface area (Å²) in [6.07, 6.45) is 1.88. The van der Waals surface area contributed by atoms with Gasteiger partial charge in [0, 0.05) is 0 Å². The lowest BCUT2D eigenvalue weighted by molar-refractivity contribution is -0.123. The first kappa shape index (κ1) is 23.6. The molecule has 0 fully saturated rings. The molecule has 3 N–H and O–H groups in total. The van der Waals surface area contributed by atoms with Gasteiger partial charge in [-0.3, -0.25) is 25.8 Å². The van der Waals surface area contributed by atoms with E-state index in [0.717, 1.165) is 22.9 Å². The first-order valence-corrected chi connectivity index (χ1v) is 10.6. The Bertz CT molecular complexity index is 908. The molecule has 0 spiro atoms. The van der Waals surface area contributed by atoms with Crippen LogP contribution >= 0.6 is 28.1 Å². The van der Waals surface area contributed by atoms with Gasteiger partial charge in [0.05, 0.1) is 16.6 Å². The van der Waals surface area contributed by atoms with Crippen LogP contribution in [0, 0.1) is 6.92 Å². The molecule has 2 rings (SSSR count). The van der Waals surface area contributed by atoms with Crippen LogP contribution in [0.25, 0.3) is 0 Å². The summed E-state index contributed by atoms with van der Waals surface area (Å²) in [4.78, 5) is 24.4. The number of halogens is 1. The molecule has 0 heterocycles. The van der Waals surface area contributed by atoms with Crippen LogP contribution < -0.4 is 25.6 Å². The molecule has 7 nitrogen and oxygen atoms in total. The molecule has 0 aliphatic rings. The van der Waals surface area contributed by atoms with Crippen LogP contribution in [-0.2, 0) is 4.79 Å². The normalized spacial score (nSPS) is 10.1. The highest BCUT2D eigenvalue weighted by atomic mass is 79.9. The number of hydrogen-bond donors (Lipinski definition) is 3. The molecule has 0 bridgehead atoms. The molecule has 0 saturated carbocycles. The van der Waals surface area contributed by atoms with Crippen molar-refractivity contribution in [2.75, 3.05) is 13.2 Å². The van der Waals surface area contributed by atoms with Crippen molar-refractivity contribution in [1.82, 2.24) is 16.2 Å². The predicted molar refractivity (Wildman–Crippen MR) is 123 cm³/mol. The van der Waals surface area contributed by atoms with Crippen molar-refractivity contribution in [2.24, 2.45) is 0 Å². The third-order valence-corrected chi connectivity index (χ3v) is 4.70. The number of para-hydroxylation sites is 1. The summed E-state index contributed by atoms with van der Waals surface area (Å²) in [7, 11) is 0. The molecule has 0 aliphatic heterocycles. The molecule has 2 aromatic carbocycles. The maximum absolute atomic E-state index is 12.5. The quantitative estimate of drug-likeness (QED) is 0.295. The van der Waals surface area contributed by atoms with E-state index in [9.17, 15) is 9.59 Å². The summed E-state index contributed by atoms with van der Waals surface area (Å²) in [5.74, 6) is 0.134. The molecule has 160 valence electrons. The van der Waals surface area contributed by atoms with Gasteiger partial charge in [-0.2, -0.15) is 0 Å². The molecule has 9 heteroatoms. The lowest BCUT2D eigenvalue weighted by atomic mass is 10.2. The van der Waals surface area contributed by atoms with Gasteiger partial charge in [-0.05, 0) is 71.3 Å². The fourth-order valence-electron chi connectivity index (χ4n) is 2.34. The monoisotopic (exact) mass is 493 g/mol. The Morgan fingerprint density at radius 2 is 1.83 bits per heavy atom. The second kappa shape index (κ2) is 12.1. The van der Waals surface area contributed by atoms with E-state index in [0.29, 0.717) is 23.7 Å². The van der Waals surface area contributed by atoms with Crippen LogP contribution in [0.1, 0.15) is 35.7 Å². The van der Waals surface area contributed by atoms with Crippen LogP contribution in [0.5, 0.6) is 11.5 Å². The number of carbonyl (C=O) groups is 2. The molecule has 0 aliphatic carbocycles. The zero-order chi connectivity index (χ0) is 21.9. The molecular formula is C21H24BrN3O4S. The summed E-state index contributed by atoms with van der Waals surface area (Å²) in [6.45, 7) is 4.32. The van der Waals surface area contributed by atoms with Gasteiger partial charge in [0.2, 0.25) is 0 Å². The number of ether oxygens (including phenoxy) is 2. The van der Waals surface area contributed by atoms with Crippen molar-refractivity contribution in [3.05, 3.63) is 58.1 Å². The number of carbonyl (C=O) groups excluding carboxylic acids is 2. The number of nitrogens with one attached hydrogen (secondary N) is 3. The zero-order valence-electron chi connectivity index (χ0n) is 16.8. The highest BCUT2D eigenvalue weighted by Gasteiger charge is 2.14. The van der Waals surface area contributed by atoms with Gasteiger partial charge in [-0.25, -0.2) is 0 Å². The van der Waals surface area contributed by atoms with Crippen molar-refractivity contribution in [2.45, 2.75) is 26.7 Å². The molecule has 2 amide bonds. The van der Waals surface area contributed by atoms with E-state index >= 15 is 0 Å². The lowest BCUT2D eigenvalue weighted by Crippen LogP contribution is -2.49. The number of hydrogen-bond acceptors (Lipinski definition) is 5. The van der Waals surface area contributed by atoms with Crippen LogP contribution in [0.2, 0.25) is 0 Å². The van der Waals surface area contributed by atoms with Crippen molar-refractivity contribution >= 4 is 45.1 Å². The largest absolute Gasteiger partial charge is 0.493 e. The van der Waals surface area contributed by atoms with Crippen molar-refractivity contribution < 1.29 is 19.1 Å². The van der Waals surface area contributed by atoms with Gasteiger partial charge in [0.1, 0.15) is 11.5 Å². The highest BCUT2D eigenvalue weighted by molar-refractivity contribution is 9.10. The maximum atomic E-state index is 12.5. The molecule has 0 radical (unpaired) electrons. The minimum atomic E-state index is -0.456. The third kappa shape index (κ3) is 7.64. The first-order valence-electron chi connectivity index (χ1n) is 9.41. The number of amides is 2. The number of rotatable bonds is 8. The van der Waals surface area contributed by atoms with Gasteiger partial charge in [0.25, 0.3) is 11.8 Å². The number of hydrazine groups is 1. The Morgan fingerprint density at radius 3 is 2.57 bits per heavy atom. The number of benzene rings is 2. The Labute approximate surface area is 189 Å². The molecule has 30 heavy (non-hydrogen) atoms. The standard InChI is InChI=1S/C21H24BrN3O4S/c1-3-4-11-28-17-8-6-5-7-15(17)20(27)23-21(30)25-24-19(26)13-29-18-10-9-14(2)12-16(18)22/h5-10,12H,3-4,11,13H2,1-2H3,(H,24,26)(H2,23,25,27,30). The average molecular weight is 494 g/mol. The number of thiocarbonyl (C=S) groups is 1. The van der Waals surface area contributed by atoms with E-state index in [2.05, 4.69) is 39.0 Å². The first-order chi connectivity index (χ1) is 14.4. The molecule has 2 aromatic rings. The van der Waals surface area contributed by atoms with Crippen LogP contribution in [-0.4, -0.2) is 30.1 Å². The summed E-state index contributed by atoms with van der Waals surface area (Å²) in [6, 6.07) is 12.4. The minimum Gasteiger partial charge on any atom is -0.493 e. The van der Waals surface area contributed by atoms with Gasteiger partial charge in [-0.15, -0.1) is 0 Å². The van der Waals surface area contributed by atoms with E-state index in [1.165, 1.54) is 0 Å². The van der Waals surface area contributed by atoms with Gasteiger partial charge in [-0.1, -0.05) is 31.5 Å². The summed E-state index contributed by atoms with van der Waals surface area (Å²) in [5.41, 5.74) is 6.29. The van der Waals surface area contributed by atoms with Gasteiger partial charge >= 0.3 is 0 Å². The molecule has 0 aromatic heterocycles. The minimum absolute atomic E-state index is 0.0479. The second-order valence-corrected chi connectivity index (χ2v) is 7.64. The Balaban J connectivity index is 1.80. The number of aryl methyl sites for hydroxylation is 1. The molecule has 0 atom stereocenters. The summed E-state index contributed by atoms with van der Waals surface area (Å²) < 4.78 is 11.9. The maximum Gasteiger partial charge on any atom is 0.276 e. The Hall–Kier alpha value is -2.65. The van der Waals surface area contributed by atoms with Gasteiger partial charge in [0.15, 0.2) is 11.7 Å². The fraction of sp³-hybridized carbons (Fsp3) is 0.286. The second-order valence-electron chi connectivity index (χ2n) is 6.38. The third-order valence-electron chi connectivity index (χ3n) is 3.88. The molecule has 0 unspecified atom stereocenters. The molecular weight excluding hydrogens is 470 g/mol. The lowest BCUT2D eigenvalue weighted by Gasteiger charge is -2.14. The van der Waals surface area contributed by atoms with Crippen molar-refractivity contribution in [1.29, 1.82) is 0 Å². The number of unbranched alkanes of at least 4 members (excludes halogenated alkanes) is 1. The van der Waals surface area contributed by atoms with Gasteiger partial charge < -0.3 is 9.47 Å². The van der Waals surface area contributed by atoms with E-state index in [1.54, 1.807) is 30.3 Å². The van der Waals surface area contributed by atoms with Crippen LogP contribution in [0.3, 0.4) is 0 Å². The van der Waals surface area contributed by atoms with E-state index in [1.807, 2.05) is 19.1 Å². The average Bonchev–Trinajstić information content (AvgIpc) is 2.72. The Kier molecular flexibility index (Phi) is 9.56. The zero-order valence-corrected chi connectivity index (χ0v) is 19.2. The van der Waals surface area contributed by atoms with Crippen LogP contribution in [0.15, 0.2) is 46.9 Å². The highest BCUT2D eigenvalue weighted by Crippen LogP contribution is 2.25. The van der Waals surface area contributed by atoms with E-state index in [-0.39, 0.29) is 11.7 Å². The summed E-state index contributed by atoms with van der Waals surface area (Å²) >= 11 is 8.45. The summed E-state index contributed by atoms with van der Waals surface area (Å²) in [5, 5.41) is 2.46. The van der Waals surface area contributed by atoms with E-state index < -0.39 is 11.8 Å².